The predicted molar refractivity (Wildman–Crippen MR) is 124 cm³/mol. The van der Waals surface area contributed by atoms with E-state index in [1.54, 1.807) is 0 Å². The number of likely N-dealkylation sites (N-methyl/N-ethyl adjacent to an activating group) is 1. The van der Waals surface area contributed by atoms with Crippen LogP contribution in [-0.4, -0.2) is 76.4 Å². The molecule has 8 nitrogen and oxygen atoms in total. The maximum atomic E-state index is 4.66. The van der Waals surface area contributed by atoms with Crippen LogP contribution in [0.1, 0.15) is 12.1 Å². The third-order valence-corrected chi connectivity index (χ3v) is 6.45. The average Bonchev–Trinajstić information content (AvgIpc) is 3.43. The lowest BCUT2D eigenvalue weighted by Gasteiger charge is -2.34. The van der Waals surface area contributed by atoms with Gasteiger partial charge in [0, 0.05) is 55.4 Å². The van der Waals surface area contributed by atoms with Crippen molar-refractivity contribution in [3.05, 3.63) is 42.4 Å². The molecule has 6 heterocycles. The Morgan fingerprint density at radius 3 is 2.77 bits per heavy atom. The molecule has 0 radical (unpaired) electrons. The molecule has 31 heavy (non-hydrogen) atoms. The molecule has 4 aromatic heterocycles. The van der Waals surface area contributed by atoms with E-state index in [0.29, 0.717) is 0 Å². The molecule has 158 valence electrons. The van der Waals surface area contributed by atoms with Crippen LogP contribution < -0.4 is 10.2 Å². The summed E-state index contributed by atoms with van der Waals surface area (Å²) in [7, 11) is 2.18. The van der Waals surface area contributed by atoms with Gasteiger partial charge in [-0.3, -0.25) is 10.1 Å². The van der Waals surface area contributed by atoms with E-state index in [1.165, 1.54) is 11.3 Å². The fraction of sp³-hybridized carbons (Fsp3) is 0.348. The van der Waals surface area contributed by atoms with Crippen LogP contribution in [0.25, 0.3) is 38.9 Å². The van der Waals surface area contributed by atoms with Gasteiger partial charge in [0.05, 0.1) is 23.1 Å². The Bertz CT molecular complexity index is 1280. The highest BCUT2D eigenvalue weighted by molar-refractivity contribution is 5.99. The summed E-state index contributed by atoms with van der Waals surface area (Å²) < 4.78 is 0. The standard InChI is InChI=1S/C23H26N8/c1-30-8-10-31(11-9-30)21-4-7-25-23-17(21)13-19(27-23)22-16-12-18(15-2-5-24-6-3-15)26-14-20(16)28-29-22/h2,4,7,12-14,24H,3,5-6,8-11H2,1H3,(H,25,27)(H,28,29). The number of rotatable bonds is 3. The lowest BCUT2D eigenvalue weighted by Crippen LogP contribution is -2.44. The Balaban J connectivity index is 1.42. The SMILES string of the molecule is CN1CCN(c2ccnc3[nH]c(-c4n[nH]c5cnc(C6=CCNCC6)cc45)cc23)CC1. The molecule has 0 bridgehead atoms. The second-order valence-electron chi connectivity index (χ2n) is 8.44. The first kappa shape index (κ1) is 18.5. The third kappa shape index (κ3) is 3.28. The zero-order valence-corrected chi connectivity index (χ0v) is 17.6. The van der Waals surface area contributed by atoms with Crippen LogP contribution in [0.3, 0.4) is 0 Å². The highest BCUT2D eigenvalue weighted by Gasteiger charge is 2.19. The van der Waals surface area contributed by atoms with Crippen LogP contribution in [0.2, 0.25) is 0 Å². The molecule has 0 aromatic carbocycles. The quantitative estimate of drug-likeness (QED) is 0.478. The van der Waals surface area contributed by atoms with Crippen LogP contribution in [0, 0.1) is 0 Å². The van der Waals surface area contributed by atoms with Crippen molar-refractivity contribution in [2.75, 3.05) is 51.2 Å². The molecule has 0 aliphatic carbocycles. The Kier molecular flexibility index (Phi) is 4.47. The van der Waals surface area contributed by atoms with Gasteiger partial charge in [0.25, 0.3) is 0 Å². The van der Waals surface area contributed by atoms with Crippen LogP contribution >= 0.6 is 0 Å². The van der Waals surface area contributed by atoms with Crippen molar-refractivity contribution in [2.45, 2.75) is 6.42 Å². The third-order valence-electron chi connectivity index (χ3n) is 6.45. The fourth-order valence-corrected chi connectivity index (χ4v) is 4.62. The molecule has 1 fully saturated rings. The molecule has 0 amide bonds. The van der Waals surface area contributed by atoms with E-state index in [2.05, 4.69) is 71.6 Å². The summed E-state index contributed by atoms with van der Waals surface area (Å²) in [5.41, 5.74) is 7.30. The van der Waals surface area contributed by atoms with Crippen LogP contribution in [0.5, 0.6) is 0 Å². The summed E-state index contributed by atoms with van der Waals surface area (Å²) in [6, 6.07) is 6.47. The first-order valence-electron chi connectivity index (χ1n) is 10.9. The molecule has 2 aliphatic rings. The maximum Gasteiger partial charge on any atom is 0.139 e. The van der Waals surface area contributed by atoms with E-state index in [1.807, 2.05) is 12.4 Å². The number of aromatic nitrogens is 5. The number of hydrogen-bond donors (Lipinski definition) is 3. The molecule has 2 aliphatic heterocycles. The Morgan fingerprint density at radius 1 is 1.03 bits per heavy atom. The number of aromatic amines is 2. The van der Waals surface area contributed by atoms with Crippen LogP contribution in [-0.2, 0) is 0 Å². The zero-order chi connectivity index (χ0) is 20.8. The molecule has 6 rings (SSSR count). The minimum absolute atomic E-state index is 0.899. The van der Waals surface area contributed by atoms with E-state index in [0.717, 1.165) is 84.7 Å². The van der Waals surface area contributed by atoms with E-state index in [4.69, 9.17) is 0 Å². The maximum absolute atomic E-state index is 4.66. The number of anilines is 1. The Hall–Kier alpha value is -3.23. The molecule has 8 heteroatoms. The van der Waals surface area contributed by atoms with E-state index in [-0.39, 0.29) is 0 Å². The Labute approximate surface area is 180 Å². The van der Waals surface area contributed by atoms with Crippen molar-refractivity contribution in [3.63, 3.8) is 0 Å². The fourth-order valence-electron chi connectivity index (χ4n) is 4.62. The topological polar surface area (TPSA) is 88.8 Å². The second kappa shape index (κ2) is 7.47. The van der Waals surface area contributed by atoms with Gasteiger partial charge in [-0.2, -0.15) is 5.10 Å². The number of nitrogens with one attached hydrogen (secondary N) is 3. The lowest BCUT2D eigenvalue weighted by molar-refractivity contribution is 0.313. The number of fused-ring (bicyclic) bond motifs is 2. The van der Waals surface area contributed by atoms with Crippen molar-refractivity contribution < 1.29 is 0 Å². The first-order chi connectivity index (χ1) is 15.3. The molecular weight excluding hydrogens is 388 g/mol. The van der Waals surface area contributed by atoms with Gasteiger partial charge in [0.1, 0.15) is 11.3 Å². The van der Waals surface area contributed by atoms with Gasteiger partial charge >= 0.3 is 0 Å². The van der Waals surface area contributed by atoms with Gasteiger partial charge in [-0.1, -0.05) is 6.08 Å². The van der Waals surface area contributed by atoms with E-state index in [9.17, 15) is 0 Å². The zero-order valence-electron chi connectivity index (χ0n) is 17.6. The first-order valence-corrected chi connectivity index (χ1v) is 10.9. The molecule has 4 aromatic rings. The highest BCUT2D eigenvalue weighted by atomic mass is 15.2. The van der Waals surface area contributed by atoms with Gasteiger partial charge in [-0.15, -0.1) is 0 Å². The van der Waals surface area contributed by atoms with Gasteiger partial charge in [-0.25, -0.2) is 4.98 Å². The van der Waals surface area contributed by atoms with Gasteiger partial charge < -0.3 is 20.1 Å². The van der Waals surface area contributed by atoms with Crippen molar-refractivity contribution in [2.24, 2.45) is 0 Å². The van der Waals surface area contributed by atoms with Crippen LogP contribution in [0.4, 0.5) is 5.69 Å². The molecule has 0 unspecified atom stereocenters. The molecule has 3 N–H and O–H groups in total. The summed E-state index contributed by atoms with van der Waals surface area (Å²) >= 11 is 0. The smallest absolute Gasteiger partial charge is 0.139 e. The van der Waals surface area contributed by atoms with Gasteiger partial charge in [0.15, 0.2) is 0 Å². The van der Waals surface area contributed by atoms with Crippen molar-refractivity contribution in [1.82, 2.24) is 35.4 Å². The normalized spacial score (nSPS) is 18.1. The highest BCUT2D eigenvalue weighted by Crippen LogP contribution is 2.33. The van der Waals surface area contributed by atoms with Gasteiger partial charge in [-0.05, 0) is 43.8 Å². The minimum Gasteiger partial charge on any atom is -0.368 e. The summed E-state index contributed by atoms with van der Waals surface area (Å²) in [5.74, 6) is 0. The van der Waals surface area contributed by atoms with Crippen molar-refractivity contribution in [3.8, 4) is 11.4 Å². The number of hydrogen-bond acceptors (Lipinski definition) is 6. The predicted octanol–water partition coefficient (Wildman–Crippen LogP) is 2.63. The lowest BCUT2D eigenvalue weighted by atomic mass is 10.0. The van der Waals surface area contributed by atoms with Crippen molar-refractivity contribution in [1.29, 1.82) is 0 Å². The number of piperazine rings is 1. The molecule has 0 saturated carbocycles. The molecular formula is C23H26N8. The number of pyridine rings is 2. The number of nitrogens with zero attached hydrogens (tertiary/aromatic N) is 5. The number of H-pyrrole nitrogens is 2. The van der Waals surface area contributed by atoms with Crippen LogP contribution in [0.15, 0.2) is 36.7 Å². The van der Waals surface area contributed by atoms with Crippen molar-refractivity contribution >= 4 is 33.2 Å². The second-order valence-corrected chi connectivity index (χ2v) is 8.44. The summed E-state index contributed by atoms with van der Waals surface area (Å²) in [4.78, 5) is 17.6. The summed E-state index contributed by atoms with van der Waals surface area (Å²) in [5, 5.41) is 13.4. The molecule has 0 spiro atoms. The Morgan fingerprint density at radius 2 is 1.94 bits per heavy atom. The monoisotopic (exact) mass is 414 g/mol. The molecule has 0 atom stereocenters. The van der Waals surface area contributed by atoms with E-state index < -0.39 is 0 Å². The molecule has 1 saturated heterocycles. The van der Waals surface area contributed by atoms with Gasteiger partial charge in [0.2, 0.25) is 0 Å². The minimum atomic E-state index is 0.899. The summed E-state index contributed by atoms with van der Waals surface area (Å²) in [6.07, 6.45) is 7.01. The summed E-state index contributed by atoms with van der Waals surface area (Å²) in [6.45, 7) is 6.10. The largest absolute Gasteiger partial charge is 0.368 e. The average molecular weight is 415 g/mol. The van der Waals surface area contributed by atoms with E-state index >= 15 is 0 Å².